The molecule has 1 aliphatic rings. The SMILES string of the molecule is CN1CCC(O)(C(F)(F)CNC(=O)OC(C)(C)C)C1. The average Bonchev–Trinajstić information content (AvgIpc) is 2.55. The number of carbonyl (C=O) groups excluding carboxylic acids is 1. The number of likely N-dealkylation sites (tertiary alicyclic amines) is 1. The van der Waals surface area contributed by atoms with Crippen LogP contribution in [0.15, 0.2) is 0 Å². The number of nitrogens with zero attached hydrogens (tertiary/aromatic N) is 1. The lowest BCUT2D eigenvalue weighted by Crippen LogP contribution is -2.56. The van der Waals surface area contributed by atoms with Gasteiger partial charge in [0.25, 0.3) is 5.92 Å². The number of rotatable bonds is 3. The Morgan fingerprint density at radius 2 is 2.05 bits per heavy atom. The van der Waals surface area contributed by atoms with E-state index in [1.54, 1.807) is 32.7 Å². The Bertz CT molecular complexity index is 344. The molecular formula is C12H22F2N2O3. The topological polar surface area (TPSA) is 61.8 Å². The van der Waals surface area contributed by atoms with E-state index in [4.69, 9.17) is 4.74 Å². The smallest absolute Gasteiger partial charge is 0.407 e. The molecule has 1 unspecified atom stereocenters. The minimum absolute atomic E-state index is 0.0213. The molecule has 0 bridgehead atoms. The van der Waals surface area contributed by atoms with Crippen molar-refractivity contribution in [2.24, 2.45) is 0 Å². The second kappa shape index (κ2) is 5.20. The van der Waals surface area contributed by atoms with Crippen molar-refractivity contribution in [3.05, 3.63) is 0 Å². The molecule has 0 aromatic heterocycles. The first-order valence-corrected chi connectivity index (χ1v) is 6.21. The molecule has 0 aromatic rings. The summed E-state index contributed by atoms with van der Waals surface area (Å²) in [6.45, 7) is 4.28. The quantitative estimate of drug-likeness (QED) is 0.816. The summed E-state index contributed by atoms with van der Waals surface area (Å²) < 4.78 is 32.7. The van der Waals surface area contributed by atoms with Crippen molar-refractivity contribution in [3.8, 4) is 0 Å². The highest BCUT2D eigenvalue weighted by atomic mass is 19.3. The number of hydrogen-bond donors (Lipinski definition) is 2. The lowest BCUT2D eigenvalue weighted by molar-refractivity contribution is -0.169. The van der Waals surface area contributed by atoms with Crippen molar-refractivity contribution in [3.63, 3.8) is 0 Å². The predicted octanol–water partition coefficient (Wildman–Crippen LogP) is 1.21. The first-order chi connectivity index (χ1) is 8.45. The zero-order valence-electron chi connectivity index (χ0n) is 11.8. The second-order valence-electron chi connectivity index (χ2n) is 6.08. The van der Waals surface area contributed by atoms with Crippen LogP contribution in [0.3, 0.4) is 0 Å². The fourth-order valence-corrected chi connectivity index (χ4v) is 1.94. The Labute approximate surface area is 111 Å². The Morgan fingerprint density at radius 3 is 2.47 bits per heavy atom. The summed E-state index contributed by atoms with van der Waals surface area (Å²) in [5, 5.41) is 12.0. The second-order valence-corrected chi connectivity index (χ2v) is 6.08. The van der Waals surface area contributed by atoms with Crippen LogP contribution < -0.4 is 5.32 Å². The molecule has 0 radical (unpaired) electrons. The number of ether oxygens (including phenoxy) is 1. The number of aliphatic hydroxyl groups is 1. The van der Waals surface area contributed by atoms with Gasteiger partial charge in [-0.3, -0.25) is 0 Å². The van der Waals surface area contributed by atoms with Gasteiger partial charge < -0.3 is 20.1 Å². The van der Waals surface area contributed by atoms with E-state index in [1.165, 1.54) is 0 Å². The number of alkyl carbamates (subject to hydrolysis) is 1. The number of β-amino-alcohol motifs (C(OH)–C–C–N with tert-alkyl or cyclic N) is 1. The van der Waals surface area contributed by atoms with E-state index in [0.29, 0.717) is 6.54 Å². The Kier molecular flexibility index (Phi) is 4.41. The van der Waals surface area contributed by atoms with Gasteiger partial charge in [-0.25, -0.2) is 13.6 Å². The molecule has 0 aromatic carbocycles. The minimum Gasteiger partial charge on any atom is -0.444 e. The van der Waals surface area contributed by atoms with Gasteiger partial charge in [0.15, 0.2) is 0 Å². The number of likely N-dealkylation sites (N-methyl/N-ethyl adjacent to an activating group) is 1. The third-order valence-corrected chi connectivity index (χ3v) is 2.97. The maximum Gasteiger partial charge on any atom is 0.407 e. The van der Waals surface area contributed by atoms with Crippen LogP contribution in [0.2, 0.25) is 0 Å². The normalized spacial score (nSPS) is 25.4. The molecule has 0 spiro atoms. The summed E-state index contributed by atoms with van der Waals surface area (Å²) in [4.78, 5) is 13.0. The molecule has 7 heteroatoms. The highest BCUT2D eigenvalue weighted by molar-refractivity contribution is 5.67. The Balaban J connectivity index is 2.54. The summed E-state index contributed by atoms with van der Waals surface area (Å²) in [5.41, 5.74) is -2.85. The van der Waals surface area contributed by atoms with Crippen LogP contribution in [0, 0.1) is 0 Å². The number of nitrogens with one attached hydrogen (secondary N) is 1. The summed E-state index contributed by atoms with van der Waals surface area (Å²) >= 11 is 0. The van der Waals surface area contributed by atoms with Gasteiger partial charge in [-0.1, -0.05) is 0 Å². The first-order valence-electron chi connectivity index (χ1n) is 6.21. The van der Waals surface area contributed by atoms with Gasteiger partial charge in [-0.2, -0.15) is 0 Å². The molecule has 1 fully saturated rings. The lowest BCUT2D eigenvalue weighted by Gasteiger charge is -2.32. The van der Waals surface area contributed by atoms with E-state index in [-0.39, 0.29) is 13.0 Å². The summed E-state index contributed by atoms with van der Waals surface area (Å²) in [5.74, 6) is -3.39. The van der Waals surface area contributed by atoms with Gasteiger partial charge in [0, 0.05) is 13.1 Å². The number of hydrogen-bond acceptors (Lipinski definition) is 4. The van der Waals surface area contributed by atoms with Crippen molar-refractivity contribution in [2.75, 3.05) is 26.7 Å². The van der Waals surface area contributed by atoms with Gasteiger partial charge >= 0.3 is 6.09 Å². The molecule has 112 valence electrons. The third kappa shape index (κ3) is 4.28. The van der Waals surface area contributed by atoms with Crippen LogP contribution in [0.5, 0.6) is 0 Å². The molecule has 1 atom stereocenters. The summed E-state index contributed by atoms with van der Waals surface area (Å²) in [6.07, 6.45) is -0.936. The molecule has 1 amide bonds. The number of halogens is 2. The molecule has 2 N–H and O–H groups in total. The Hall–Kier alpha value is -0.950. The number of amides is 1. The standard InChI is InChI=1S/C12H22F2N2O3/c1-10(2,3)19-9(17)15-7-12(13,14)11(18)5-6-16(4)8-11/h18H,5-8H2,1-4H3,(H,15,17). The number of carbonyl (C=O) groups is 1. The molecule has 0 aliphatic carbocycles. The van der Waals surface area contributed by atoms with E-state index in [1.807, 2.05) is 5.32 Å². The fraction of sp³-hybridized carbons (Fsp3) is 0.917. The van der Waals surface area contributed by atoms with E-state index in [9.17, 15) is 18.7 Å². The maximum atomic E-state index is 13.9. The van der Waals surface area contributed by atoms with Crippen molar-refractivity contribution >= 4 is 6.09 Å². The van der Waals surface area contributed by atoms with Crippen molar-refractivity contribution < 1.29 is 23.4 Å². The van der Waals surface area contributed by atoms with Gasteiger partial charge in [-0.05, 0) is 34.2 Å². The zero-order valence-corrected chi connectivity index (χ0v) is 11.8. The van der Waals surface area contributed by atoms with Gasteiger partial charge in [0.2, 0.25) is 0 Å². The molecule has 1 heterocycles. The van der Waals surface area contributed by atoms with E-state index in [2.05, 4.69) is 0 Å². The average molecular weight is 280 g/mol. The van der Waals surface area contributed by atoms with Crippen molar-refractivity contribution in [1.82, 2.24) is 10.2 Å². The largest absolute Gasteiger partial charge is 0.444 e. The van der Waals surface area contributed by atoms with E-state index < -0.39 is 29.8 Å². The summed E-state index contributed by atoms with van der Waals surface area (Å²) in [7, 11) is 1.66. The lowest BCUT2D eigenvalue weighted by atomic mass is 9.94. The van der Waals surface area contributed by atoms with Crippen molar-refractivity contribution in [1.29, 1.82) is 0 Å². The van der Waals surface area contributed by atoms with E-state index in [0.717, 1.165) is 0 Å². The van der Waals surface area contributed by atoms with Crippen LogP contribution >= 0.6 is 0 Å². The van der Waals surface area contributed by atoms with Crippen LogP contribution in [0.1, 0.15) is 27.2 Å². The van der Waals surface area contributed by atoms with Gasteiger partial charge in [0.05, 0.1) is 6.54 Å². The van der Waals surface area contributed by atoms with Crippen LogP contribution in [-0.2, 0) is 4.74 Å². The Morgan fingerprint density at radius 1 is 1.47 bits per heavy atom. The monoisotopic (exact) mass is 280 g/mol. The zero-order chi connectivity index (χ0) is 14.9. The van der Waals surface area contributed by atoms with Crippen LogP contribution in [-0.4, -0.2) is 59.9 Å². The summed E-state index contributed by atoms with van der Waals surface area (Å²) in [6, 6.07) is 0. The van der Waals surface area contributed by atoms with Gasteiger partial charge in [0.1, 0.15) is 11.2 Å². The molecular weight excluding hydrogens is 258 g/mol. The van der Waals surface area contributed by atoms with Crippen LogP contribution in [0.4, 0.5) is 13.6 Å². The molecule has 1 saturated heterocycles. The number of alkyl halides is 2. The highest BCUT2D eigenvalue weighted by Gasteiger charge is 2.55. The minimum atomic E-state index is -3.39. The van der Waals surface area contributed by atoms with E-state index >= 15 is 0 Å². The highest BCUT2D eigenvalue weighted by Crippen LogP contribution is 2.35. The fourth-order valence-electron chi connectivity index (χ4n) is 1.94. The molecule has 19 heavy (non-hydrogen) atoms. The molecule has 5 nitrogen and oxygen atoms in total. The predicted molar refractivity (Wildman–Crippen MR) is 66.2 cm³/mol. The first kappa shape index (κ1) is 16.1. The van der Waals surface area contributed by atoms with Crippen LogP contribution in [0.25, 0.3) is 0 Å². The third-order valence-electron chi connectivity index (χ3n) is 2.97. The molecule has 1 aliphatic heterocycles. The van der Waals surface area contributed by atoms with Crippen molar-refractivity contribution in [2.45, 2.75) is 44.3 Å². The molecule has 0 saturated carbocycles. The molecule has 1 rings (SSSR count). The maximum absolute atomic E-state index is 13.9. The van der Waals surface area contributed by atoms with Gasteiger partial charge in [-0.15, -0.1) is 0 Å².